The molecule has 0 bridgehead atoms. The van der Waals surface area contributed by atoms with Crippen LogP contribution in [0.15, 0.2) is 0 Å². The van der Waals surface area contributed by atoms with Gasteiger partial charge in [-0.3, -0.25) is 19.2 Å². The van der Waals surface area contributed by atoms with Crippen molar-refractivity contribution in [1.82, 2.24) is 0 Å². The minimum absolute atomic E-state index is 0.124. The van der Waals surface area contributed by atoms with Gasteiger partial charge in [-0.05, 0) is 32.1 Å². The Kier molecular flexibility index (Phi) is 19.3. The Bertz CT molecular complexity index is 534. The first-order valence-electron chi connectivity index (χ1n) is 11.7. The molecule has 9 nitrogen and oxygen atoms in total. The van der Waals surface area contributed by atoms with Crippen LogP contribution in [0.1, 0.15) is 85.0 Å². The Morgan fingerprint density at radius 1 is 0.562 bits per heavy atom. The molecule has 0 rings (SSSR count). The van der Waals surface area contributed by atoms with E-state index in [1.807, 2.05) is 13.8 Å². The van der Waals surface area contributed by atoms with Crippen LogP contribution in [0.25, 0.3) is 0 Å². The monoisotopic (exact) mass is 460 g/mol. The van der Waals surface area contributed by atoms with E-state index in [0.29, 0.717) is 38.9 Å². The lowest BCUT2D eigenvalue weighted by atomic mass is 10.2. The zero-order valence-electron chi connectivity index (χ0n) is 19.9. The second-order valence-electron chi connectivity index (χ2n) is 7.37. The van der Waals surface area contributed by atoms with Crippen LogP contribution >= 0.6 is 0 Å². The van der Waals surface area contributed by atoms with E-state index in [-0.39, 0.29) is 51.5 Å². The van der Waals surface area contributed by atoms with Gasteiger partial charge in [-0.25, -0.2) is 0 Å². The lowest BCUT2D eigenvalue weighted by Crippen LogP contribution is -2.30. The van der Waals surface area contributed by atoms with Gasteiger partial charge in [-0.2, -0.15) is 0 Å². The van der Waals surface area contributed by atoms with Gasteiger partial charge >= 0.3 is 23.9 Å². The first-order valence-corrected chi connectivity index (χ1v) is 11.7. The van der Waals surface area contributed by atoms with Crippen molar-refractivity contribution in [1.29, 1.82) is 0 Å². The van der Waals surface area contributed by atoms with Crippen LogP contribution in [0.2, 0.25) is 0 Å². The van der Waals surface area contributed by atoms with E-state index >= 15 is 0 Å². The van der Waals surface area contributed by atoms with Crippen molar-refractivity contribution in [3.8, 4) is 0 Å². The molecule has 32 heavy (non-hydrogen) atoms. The van der Waals surface area contributed by atoms with Crippen molar-refractivity contribution in [2.75, 3.05) is 33.0 Å². The van der Waals surface area contributed by atoms with E-state index in [2.05, 4.69) is 6.92 Å². The van der Waals surface area contributed by atoms with Gasteiger partial charge in [0.1, 0.15) is 19.8 Å². The van der Waals surface area contributed by atoms with Crippen LogP contribution in [0.3, 0.4) is 0 Å². The first kappa shape index (κ1) is 29.8. The molecule has 1 unspecified atom stereocenters. The number of ether oxygens (including phenoxy) is 5. The Morgan fingerprint density at radius 2 is 1.09 bits per heavy atom. The van der Waals surface area contributed by atoms with Crippen LogP contribution in [-0.4, -0.2) is 63.0 Å². The van der Waals surface area contributed by atoms with E-state index in [1.54, 1.807) is 0 Å². The Hall–Kier alpha value is -2.16. The molecule has 0 aliphatic heterocycles. The molecule has 0 aliphatic rings. The maximum Gasteiger partial charge on any atom is 0.306 e. The van der Waals surface area contributed by atoms with Crippen molar-refractivity contribution in [2.45, 2.75) is 91.1 Å². The van der Waals surface area contributed by atoms with Crippen molar-refractivity contribution in [3.63, 3.8) is 0 Å². The number of unbranched alkanes of at least 4 members (excludes halogenated alkanes) is 2. The molecule has 0 fully saturated rings. The van der Waals surface area contributed by atoms with Crippen molar-refractivity contribution < 1.29 is 42.9 Å². The number of rotatable bonds is 20. The summed E-state index contributed by atoms with van der Waals surface area (Å²) in [7, 11) is 0. The lowest BCUT2D eigenvalue weighted by Gasteiger charge is -2.18. The molecule has 186 valence electrons. The van der Waals surface area contributed by atoms with Crippen LogP contribution in [0, 0.1) is 0 Å². The van der Waals surface area contributed by atoms with Gasteiger partial charge in [0.2, 0.25) is 0 Å². The van der Waals surface area contributed by atoms with E-state index in [1.165, 1.54) is 0 Å². The molecule has 0 radical (unpaired) electrons. The molecule has 0 saturated heterocycles. The van der Waals surface area contributed by atoms with E-state index in [9.17, 15) is 19.2 Å². The molecule has 0 aromatic carbocycles. The molecule has 0 saturated carbocycles. The predicted molar refractivity (Wildman–Crippen MR) is 117 cm³/mol. The molecule has 0 aromatic heterocycles. The summed E-state index contributed by atoms with van der Waals surface area (Å²) in [5, 5.41) is 0. The number of hydrogen-bond acceptors (Lipinski definition) is 9. The summed E-state index contributed by atoms with van der Waals surface area (Å²) in [5.74, 6) is -1.63. The van der Waals surface area contributed by atoms with Gasteiger partial charge in [0.05, 0.1) is 6.61 Å². The van der Waals surface area contributed by atoms with Crippen molar-refractivity contribution in [3.05, 3.63) is 0 Å². The van der Waals surface area contributed by atoms with Gasteiger partial charge in [-0.15, -0.1) is 0 Å². The third-order valence-electron chi connectivity index (χ3n) is 4.21. The van der Waals surface area contributed by atoms with Crippen LogP contribution in [0.5, 0.6) is 0 Å². The zero-order chi connectivity index (χ0) is 24.0. The fourth-order valence-corrected chi connectivity index (χ4v) is 2.46. The predicted octanol–water partition coefficient (Wildman–Crippen LogP) is 3.51. The molecule has 0 N–H and O–H groups in total. The largest absolute Gasteiger partial charge is 0.463 e. The number of esters is 4. The summed E-state index contributed by atoms with van der Waals surface area (Å²) in [6.45, 7) is 6.70. The number of carbonyl (C=O) groups excluding carboxylic acids is 4. The third-order valence-corrected chi connectivity index (χ3v) is 4.21. The Labute approximate surface area is 191 Å². The van der Waals surface area contributed by atoms with E-state index < -0.39 is 24.0 Å². The SMILES string of the molecule is CCCCOCCOC(=O)CCCCC(=O)OCC(COC(=O)CCC)OC(=O)CCC. The molecule has 0 heterocycles. The average Bonchev–Trinajstić information content (AvgIpc) is 2.76. The second-order valence-corrected chi connectivity index (χ2v) is 7.37. The summed E-state index contributed by atoms with van der Waals surface area (Å²) >= 11 is 0. The highest BCUT2D eigenvalue weighted by atomic mass is 16.6. The maximum atomic E-state index is 11.9. The second kappa shape index (κ2) is 20.7. The Morgan fingerprint density at radius 3 is 1.66 bits per heavy atom. The van der Waals surface area contributed by atoms with Gasteiger partial charge in [-0.1, -0.05) is 27.2 Å². The van der Waals surface area contributed by atoms with Crippen LogP contribution in [0.4, 0.5) is 0 Å². The van der Waals surface area contributed by atoms with E-state index in [4.69, 9.17) is 23.7 Å². The quantitative estimate of drug-likeness (QED) is 0.153. The first-order chi connectivity index (χ1) is 15.4. The van der Waals surface area contributed by atoms with Gasteiger partial charge in [0.25, 0.3) is 0 Å². The fraction of sp³-hybridized carbons (Fsp3) is 0.826. The summed E-state index contributed by atoms with van der Waals surface area (Å²) in [5.41, 5.74) is 0. The summed E-state index contributed by atoms with van der Waals surface area (Å²) in [4.78, 5) is 46.8. The number of hydrogen-bond donors (Lipinski definition) is 0. The minimum atomic E-state index is -0.840. The van der Waals surface area contributed by atoms with Crippen molar-refractivity contribution >= 4 is 23.9 Å². The standard InChI is InChI=1S/C23H40O9/c1-4-7-14-28-15-16-29-21(25)12-8-9-13-22(26)31-18-19(32-23(27)11-6-3)17-30-20(24)10-5-2/h19H,4-18H2,1-3H3. The summed E-state index contributed by atoms with van der Waals surface area (Å²) in [6.07, 6.45) is 4.26. The molecular formula is C23H40O9. The van der Waals surface area contributed by atoms with Crippen LogP contribution in [-0.2, 0) is 42.9 Å². The molecule has 0 aromatic rings. The highest BCUT2D eigenvalue weighted by Crippen LogP contribution is 2.06. The van der Waals surface area contributed by atoms with Gasteiger partial charge in [0, 0.05) is 32.3 Å². The molecule has 0 amide bonds. The lowest BCUT2D eigenvalue weighted by molar-refractivity contribution is -0.166. The van der Waals surface area contributed by atoms with Crippen molar-refractivity contribution in [2.24, 2.45) is 0 Å². The van der Waals surface area contributed by atoms with E-state index in [0.717, 1.165) is 12.8 Å². The number of carbonyl (C=O) groups is 4. The third kappa shape index (κ3) is 18.6. The van der Waals surface area contributed by atoms with Gasteiger partial charge in [0.15, 0.2) is 6.10 Å². The molecule has 0 aliphatic carbocycles. The zero-order valence-corrected chi connectivity index (χ0v) is 19.9. The highest BCUT2D eigenvalue weighted by molar-refractivity contribution is 5.71. The maximum absolute atomic E-state index is 11.9. The highest BCUT2D eigenvalue weighted by Gasteiger charge is 2.19. The smallest absolute Gasteiger partial charge is 0.306 e. The minimum Gasteiger partial charge on any atom is -0.463 e. The molecule has 1 atom stereocenters. The topological polar surface area (TPSA) is 114 Å². The molecule has 0 spiro atoms. The normalized spacial score (nSPS) is 11.5. The Balaban J connectivity index is 4.05. The summed E-state index contributed by atoms with van der Waals surface area (Å²) < 4.78 is 25.8. The molecular weight excluding hydrogens is 420 g/mol. The van der Waals surface area contributed by atoms with Crippen LogP contribution < -0.4 is 0 Å². The average molecular weight is 461 g/mol. The molecule has 9 heteroatoms. The fourth-order valence-electron chi connectivity index (χ4n) is 2.46. The summed E-state index contributed by atoms with van der Waals surface area (Å²) in [6, 6.07) is 0. The van der Waals surface area contributed by atoms with Gasteiger partial charge < -0.3 is 23.7 Å².